The molecule has 4 atom stereocenters. The molecule has 4 unspecified atom stereocenters. The third-order valence-corrected chi connectivity index (χ3v) is 13.3. The second kappa shape index (κ2) is 34.6. The SMILES string of the molecule is CCCCCCCCC(O)C(O)CCCCCCCC(=O)Nc1ccc(SSc2ccc(NC(=O)CCCCCCCC(O)C(O)CCCCCCCC)cc2)cc1. The molecule has 2 aromatic rings. The minimum absolute atomic E-state index is 0.0220. The highest BCUT2D eigenvalue weighted by atomic mass is 33.1. The smallest absolute Gasteiger partial charge is 0.224 e. The summed E-state index contributed by atoms with van der Waals surface area (Å²) in [5.74, 6) is 0.0440. The fraction of sp³-hybridized carbons (Fsp3) is 0.708. The molecule has 0 aliphatic rings. The van der Waals surface area contributed by atoms with Crippen LogP contribution in [-0.4, -0.2) is 56.7 Å². The standard InChI is InChI=1S/C48H80N2O6S2/c1-3-5-7-9-13-19-25-43(51)45(53)27-21-15-11-17-23-29-47(55)49-39-31-35-41(36-32-39)57-58-42-37-33-40(34-38-42)50-48(56)30-24-18-12-16-22-28-46(54)44(52)26-20-14-10-8-6-4-2/h31-38,43-46,51-54H,3-30H2,1-2H3,(H,49,55)(H,50,56). The number of nitrogens with one attached hydrogen (secondary N) is 2. The average Bonchev–Trinajstić information content (AvgIpc) is 3.22. The van der Waals surface area contributed by atoms with Gasteiger partial charge in [-0.1, -0.05) is 164 Å². The van der Waals surface area contributed by atoms with E-state index in [9.17, 15) is 30.0 Å². The number of aliphatic hydroxyl groups is 4. The van der Waals surface area contributed by atoms with Gasteiger partial charge < -0.3 is 31.1 Å². The van der Waals surface area contributed by atoms with Gasteiger partial charge in [-0.05, 0) is 87.1 Å². The van der Waals surface area contributed by atoms with Crippen molar-refractivity contribution in [2.75, 3.05) is 10.6 Å². The summed E-state index contributed by atoms with van der Waals surface area (Å²) in [7, 11) is 3.28. The van der Waals surface area contributed by atoms with Gasteiger partial charge in [-0.2, -0.15) is 0 Å². The van der Waals surface area contributed by atoms with Crippen LogP contribution in [0, 0.1) is 0 Å². The molecule has 0 aromatic heterocycles. The van der Waals surface area contributed by atoms with Gasteiger partial charge in [0.2, 0.25) is 11.8 Å². The van der Waals surface area contributed by atoms with Gasteiger partial charge >= 0.3 is 0 Å². The molecular formula is C48H80N2O6S2. The first-order valence-corrected chi connectivity index (χ1v) is 25.2. The molecule has 2 rings (SSSR count). The number of anilines is 2. The van der Waals surface area contributed by atoms with Crippen molar-refractivity contribution in [2.24, 2.45) is 0 Å². The maximum Gasteiger partial charge on any atom is 0.224 e. The Hall–Kier alpha value is -2.08. The number of benzene rings is 2. The first kappa shape index (κ1) is 52.1. The van der Waals surface area contributed by atoms with Crippen LogP contribution in [0.2, 0.25) is 0 Å². The lowest BCUT2D eigenvalue weighted by atomic mass is 9.99. The second-order valence-electron chi connectivity index (χ2n) is 16.3. The summed E-state index contributed by atoms with van der Waals surface area (Å²) in [5.41, 5.74) is 1.58. The number of rotatable bonds is 37. The minimum atomic E-state index is -0.629. The predicted octanol–water partition coefficient (Wildman–Crippen LogP) is 12.8. The molecular weight excluding hydrogens is 765 g/mol. The van der Waals surface area contributed by atoms with E-state index in [1.807, 2.05) is 48.5 Å². The number of carbonyl (C=O) groups is 2. The molecule has 0 bridgehead atoms. The van der Waals surface area contributed by atoms with Gasteiger partial charge in [0.25, 0.3) is 0 Å². The fourth-order valence-electron chi connectivity index (χ4n) is 7.11. The number of amides is 2. The van der Waals surface area contributed by atoms with Gasteiger partial charge in [0.1, 0.15) is 0 Å². The van der Waals surface area contributed by atoms with Crippen molar-refractivity contribution in [1.82, 2.24) is 0 Å². The van der Waals surface area contributed by atoms with Gasteiger partial charge in [0, 0.05) is 34.0 Å². The van der Waals surface area contributed by atoms with Crippen molar-refractivity contribution in [1.29, 1.82) is 0 Å². The van der Waals surface area contributed by atoms with Crippen LogP contribution in [-0.2, 0) is 9.59 Å². The molecule has 2 aromatic carbocycles. The van der Waals surface area contributed by atoms with E-state index in [-0.39, 0.29) is 11.8 Å². The van der Waals surface area contributed by atoms with Crippen LogP contribution >= 0.6 is 21.6 Å². The summed E-state index contributed by atoms with van der Waals surface area (Å²) in [6.45, 7) is 4.42. The van der Waals surface area contributed by atoms with E-state index in [4.69, 9.17) is 0 Å². The Labute approximate surface area is 360 Å². The molecule has 0 heterocycles. The van der Waals surface area contributed by atoms with Gasteiger partial charge in [-0.25, -0.2) is 0 Å². The lowest BCUT2D eigenvalue weighted by Gasteiger charge is -2.17. The number of hydrogen-bond acceptors (Lipinski definition) is 8. The van der Waals surface area contributed by atoms with E-state index in [1.54, 1.807) is 21.6 Å². The summed E-state index contributed by atoms with van der Waals surface area (Å²) in [5, 5.41) is 47.0. The third kappa shape index (κ3) is 26.9. The van der Waals surface area contributed by atoms with E-state index >= 15 is 0 Å². The normalized spacial score (nSPS) is 13.6. The number of hydrogen-bond donors (Lipinski definition) is 6. The van der Waals surface area contributed by atoms with Crippen molar-refractivity contribution in [3.8, 4) is 0 Å². The molecule has 0 radical (unpaired) electrons. The van der Waals surface area contributed by atoms with Gasteiger partial charge in [-0.15, -0.1) is 0 Å². The first-order chi connectivity index (χ1) is 28.2. The number of unbranched alkanes of at least 4 members (excludes halogenated alkanes) is 18. The van der Waals surface area contributed by atoms with Crippen molar-refractivity contribution in [3.63, 3.8) is 0 Å². The van der Waals surface area contributed by atoms with Crippen molar-refractivity contribution < 1.29 is 30.0 Å². The molecule has 58 heavy (non-hydrogen) atoms. The molecule has 0 aliphatic heterocycles. The van der Waals surface area contributed by atoms with Gasteiger partial charge in [0.15, 0.2) is 0 Å². The monoisotopic (exact) mass is 845 g/mol. The van der Waals surface area contributed by atoms with Crippen LogP contribution < -0.4 is 10.6 Å². The molecule has 330 valence electrons. The molecule has 10 heteroatoms. The van der Waals surface area contributed by atoms with Crippen LogP contribution in [0.1, 0.15) is 194 Å². The molecule has 0 fully saturated rings. The van der Waals surface area contributed by atoms with E-state index in [0.29, 0.717) is 38.5 Å². The second-order valence-corrected chi connectivity index (χ2v) is 18.6. The summed E-state index contributed by atoms with van der Waals surface area (Å²) in [6.07, 6.45) is 24.8. The predicted molar refractivity (Wildman–Crippen MR) is 247 cm³/mol. The van der Waals surface area contributed by atoms with E-state index in [2.05, 4.69) is 24.5 Å². The molecule has 6 N–H and O–H groups in total. The summed E-state index contributed by atoms with van der Waals surface area (Å²) in [4.78, 5) is 27.1. The Kier molecular flexibility index (Phi) is 31.1. The quantitative estimate of drug-likeness (QED) is 0.0292. The van der Waals surface area contributed by atoms with Crippen LogP contribution in [0.25, 0.3) is 0 Å². The van der Waals surface area contributed by atoms with Crippen LogP contribution in [0.5, 0.6) is 0 Å². The molecule has 0 saturated carbocycles. The van der Waals surface area contributed by atoms with Gasteiger partial charge in [0.05, 0.1) is 24.4 Å². The highest BCUT2D eigenvalue weighted by molar-refractivity contribution is 8.76. The highest BCUT2D eigenvalue weighted by Gasteiger charge is 2.16. The molecule has 8 nitrogen and oxygen atoms in total. The van der Waals surface area contributed by atoms with Crippen LogP contribution in [0.4, 0.5) is 11.4 Å². The number of aliphatic hydroxyl groups excluding tert-OH is 4. The number of carbonyl (C=O) groups excluding carboxylic acids is 2. The maximum atomic E-state index is 12.5. The molecule has 0 saturated heterocycles. The molecule has 0 aliphatic carbocycles. The maximum absolute atomic E-state index is 12.5. The van der Waals surface area contributed by atoms with Crippen molar-refractivity contribution >= 4 is 44.8 Å². The van der Waals surface area contributed by atoms with E-state index < -0.39 is 24.4 Å². The largest absolute Gasteiger partial charge is 0.390 e. The fourth-order valence-corrected chi connectivity index (χ4v) is 9.04. The topological polar surface area (TPSA) is 139 Å². The van der Waals surface area contributed by atoms with E-state index in [0.717, 1.165) is 111 Å². The van der Waals surface area contributed by atoms with Crippen LogP contribution in [0.3, 0.4) is 0 Å². The Morgan fingerprint density at radius 2 is 0.672 bits per heavy atom. The van der Waals surface area contributed by atoms with Crippen molar-refractivity contribution in [3.05, 3.63) is 48.5 Å². The van der Waals surface area contributed by atoms with Gasteiger partial charge in [-0.3, -0.25) is 9.59 Å². The Balaban J connectivity index is 1.48. The Morgan fingerprint density at radius 3 is 0.966 bits per heavy atom. The zero-order chi connectivity index (χ0) is 42.1. The minimum Gasteiger partial charge on any atom is -0.390 e. The molecule has 2 amide bonds. The Morgan fingerprint density at radius 1 is 0.414 bits per heavy atom. The summed E-state index contributed by atoms with van der Waals surface area (Å²) >= 11 is 0. The summed E-state index contributed by atoms with van der Waals surface area (Å²) < 4.78 is 0. The highest BCUT2D eigenvalue weighted by Crippen LogP contribution is 2.38. The van der Waals surface area contributed by atoms with Crippen molar-refractivity contribution in [2.45, 2.75) is 228 Å². The average molecular weight is 845 g/mol. The zero-order valence-electron chi connectivity index (χ0n) is 36.1. The molecule has 0 spiro atoms. The lowest BCUT2D eigenvalue weighted by Crippen LogP contribution is -2.25. The third-order valence-electron chi connectivity index (χ3n) is 10.9. The Bertz CT molecular complexity index is 1200. The van der Waals surface area contributed by atoms with Crippen LogP contribution in [0.15, 0.2) is 58.3 Å². The van der Waals surface area contributed by atoms with E-state index in [1.165, 1.54) is 51.4 Å². The zero-order valence-corrected chi connectivity index (χ0v) is 37.8. The lowest BCUT2D eigenvalue weighted by molar-refractivity contribution is -0.117. The first-order valence-electron chi connectivity index (χ1n) is 23.1. The summed E-state index contributed by atoms with van der Waals surface area (Å²) in [6, 6.07) is 15.7.